The number of piperidine rings is 1. The number of amides is 4. The number of rotatable bonds is 7. The van der Waals surface area contributed by atoms with Crippen molar-refractivity contribution >= 4 is 52.1 Å². The highest BCUT2D eigenvalue weighted by Gasteiger charge is 2.33. The maximum atomic E-state index is 13.4. The van der Waals surface area contributed by atoms with Crippen molar-refractivity contribution in [2.75, 3.05) is 24.1 Å². The molecule has 4 amide bonds. The highest BCUT2D eigenvalue weighted by atomic mass is 127. The molecule has 4 rings (SSSR count). The number of urea groups is 1. The van der Waals surface area contributed by atoms with E-state index < -0.39 is 35.4 Å². The van der Waals surface area contributed by atoms with E-state index in [-0.39, 0.29) is 46.3 Å². The molecule has 3 aromatic rings. The van der Waals surface area contributed by atoms with Gasteiger partial charge < -0.3 is 31.3 Å². The lowest BCUT2D eigenvalue weighted by Gasteiger charge is -2.34. The highest BCUT2D eigenvalue weighted by molar-refractivity contribution is 14.1. The zero-order chi connectivity index (χ0) is 33.6. The minimum absolute atomic E-state index is 0.0147. The smallest absolute Gasteiger partial charge is 0.416 e. The number of carbonyl (C=O) groups excluding carboxylic acids is 3. The van der Waals surface area contributed by atoms with Gasteiger partial charge in [0.05, 0.1) is 17.5 Å². The Morgan fingerprint density at radius 1 is 1.13 bits per heavy atom. The first-order valence-corrected chi connectivity index (χ1v) is 16.0. The Hall–Kier alpha value is -4.15. The van der Waals surface area contributed by atoms with Crippen LogP contribution in [0.15, 0.2) is 48.7 Å². The molecule has 1 aromatic heterocycles. The van der Waals surface area contributed by atoms with E-state index in [1.807, 2.05) is 22.6 Å². The lowest BCUT2D eigenvalue weighted by molar-refractivity contribution is -0.138. The number of hydrogen-bond acceptors (Lipinski definition) is 7. The molecule has 0 unspecified atom stereocenters. The number of benzene rings is 2. The number of hydrogen-bond donors (Lipinski definition) is 4. The third kappa shape index (κ3) is 9.43. The van der Waals surface area contributed by atoms with Crippen LogP contribution in [0.25, 0.3) is 11.3 Å². The standard InChI is InChI=1S/C31H35F3IN7O4/c1-30(2,3)46-29(45)42-11-5-8-22(17-42)39-27(43)25-26(36)37-16-24(41-25)19-7-4-6-18(12-19)15-38-28(44)40-21-10-9-20(14-35)23(13-21)31(32,33)34/h4,6-7,9-10,12-13,16,22H,5,8,11,14-15,17H2,1-3H3,(H2,36,37)(H,39,43)(H2,38,40,44)/t22-/m0/s1. The molecule has 15 heteroatoms. The molecule has 2 heterocycles. The quantitative estimate of drug-likeness (QED) is 0.167. The predicted molar refractivity (Wildman–Crippen MR) is 175 cm³/mol. The summed E-state index contributed by atoms with van der Waals surface area (Å²) in [5.74, 6) is -0.590. The van der Waals surface area contributed by atoms with Gasteiger partial charge in [-0.2, -0.15) is 13.2 Å². The van der Waals surface area contributed by atoms with Crippen LogP contribution in [0.4, 0.5) is 34.3 Å². The average molecular weight is 754 g/mol. The molecule has 0 spiro atoms. The number of nitrogens with two attached hydrogens (primary N) is 1. The van der Waals surface area contributed by atoms with E-state index in [4.69, 9.17) is 10.5 Å². The van der Waals surface area contributed by atoms with Crippen molar-refractivity contribution < 1.29 is 32.3 Å². The van der Waals surface area contributed by atoms with Gasteiger partial charge >= 0.3 is 18.3 Å². The summed E-state index contributed by atoms with van der Waals surface area (Å²) >= 11 is 1.86. The predicted octanol–water partition coefficient (Wildman–Crippen LogP) is 6.13. The average Bonchev–Trinajstić information content (AvgIpc) is 2.99. The van der Waals surface area contributed by atoms with Crippen molar-refractivity contribution in [3.05, 3.63) is 71.0 Å². The maximum Gasteiger partial charge on any atom is 0.416 e. The number of nitrogens with one attached hydrogen (secondary N) is 3. The number of nitrogen functional groups attached to an aromatic ring is 1. The van der Waals surface area contributed by atoms with E-state index >= 15 is 0 Å². The van der Waals surface area contributed by atoms with E-state index in [0.29, 0.717) is 36.2 Å². The van der Waals surface area contributed by atoms with E-state index in [1.54, 1.807) is 49.9 Å². The number of likely N-dealkylation sites (tertiary alicyclic amines) is 1. The molecule has 2 aromatic carbocycles. The number of aromatic nitrogens is 2. The molecule has 1 atom stereocenters. The summed E-state index contributed by atoms with van der Waals surface area (Å²) in [6.45, 7) is 6.23. The number of alkyl halides is 4. The van der Waals surface area contributed by atoms with Crippen molar-refractivity contribution in [1.82, 2.24) is 25.5 Å². The highest BCUT2D eigenvalue weighted by Crippen LogP contribution is 2.35. The summed E-state index contributed by atoms with van der Waals surface area (Å²) in [5.41, 5.74) is 6.26. The SMILES string of the molecule is CC(C)(C)OC(=O)N1CCC[C@H](NC(=O)c2nc(-c3cccc(CNC(=O)Nc4ccc(CI)c(C(F)(F)F)c4)c3)cnc2N)C1. The van der Waals surface area contributed by atoms with Gasteiger partial charge in [-0.3, -0.25) is 4.79 Å². The fourth-order valence-electron chi connectivity index (χ4n) is 4.78. The van der Waals surface area contributed by atoms with Gasteiger partial charge in [-0.1, -0.05) is 46.9 Å². The minimum Gasteiger partial charge on any atom is -0.444 e. The second-order valence-electron chi connectivity index (χ2n) is 11.7. The maximum absolute atomic E-state index is 13.4. The molecular weight excluding hydrogens is 718 g/mol. The summed E-state index contributed by atoms with van der Waals surface area (Å²) < 4.78 is 45.8. The normalized spacial score (nSPS) is 15.2. The first kappa shape index (κ1) is 34.7. The second-order valence-corrected chi connectivity index (χ2v) is 12.5. The van der Waals surface area contributed by atoms with Crippen molar-refractivity contribution in [3.63, 3.8) is 0 Å². The van der Waals surface area contributed by atoms with Crippen LogP contribution >= 0.6 is 22.6 Å². The van der Waals surface area contributed by atoms with Crippen molar-refractivity contribution in [2.24, 2.45) is 0 Å². The van der Waals surface area contributed by atoms with Gasteiger partial charge in [-0.25, -0.2) is 19.6 Å². The van der Waals surface area contributed by atoms with Gasteiger partial charge in [0, 0.05) is 41.4 Å². The Bertz CT molecular complexity index is 1600. The van der Waals surface area contributed by atoms with E-state index in [2.05, 4.69) is 25.9 Å². The molecule has 0 radical (unpaired) electrons. The van der Waals surface area contributed by atoms with Gasteiger partial charge in [0.2, 0.25) is 0 Å². The second kappa shape index (κ2) is 14.5. The molecular formula is C31H35F3IN7O4. The topological polar surface area (TPSA) is 152 Å². The third-order valence-corrected chi connectivity index (χ3v) is 7.74. The number of anilines is 2. The molecule has 11 nitrogen and oxygen atoms in total. The molecule has 1 aliphatic rings. The van der Waals surface area contributed by atoms with Crippen molar-refractivity contribution in [3.8, 4) is 11.3 Å². The minimum atomic E-state index is -4.54. The van der Waals surface area contributed by atoms with Crippen LogP contribution in [0.2, 0.25) is 0 Å². The first-order valence-electron chi connectivity index (χ1n) is 14.4. The Balaban J connectivity index is 1.39. The molecule has 0 aliphatic carbocycles. The van der Waals surface area contributed by atoms with Gasteiger partial charge in [0.1, 0.15) is 5.60 Å². The molecule has 46 heavy (non-hydrogen) atoms. The third-order valence-electron chi connectivity index (χ3n) is 6.92. The summed E-state index contributed by atoms with van der Waals surface area (Å²) in [6, 6.07) is 9.62. The Kier molecular flexibility index (Phi) is 11.0. The van der Waals surface area contributed by atoms with Crippen LogP contribution in [0.3, 0.4) is 0 Å². The van der Waals surface area contributed by atoms with Crippen LogP contribution in [-0.4, -0.2) is 57.6 Å². The Morgan fingerprint density at radius 2 is 1.89 bits per heavy atom. The Labute approximate surface area is 278 Å². The van der Waals surface area contributed by atoms with Crippen LogP contribution in [0, 0.1) is 0 Å². The van der Waals surface area contributed by atoms with Crippen molar-refractivity contribution in [2.45, 2.75) is 62.4 Å². The van der Waals surface area contributed by atoms with Gasteiger partial charge in [-0.05, 0) is 62.9 Å². The molecule has 0 saturated carbocycles. The summed E-state index contributed by atoms with van der Waals surface area (Å²) in [7, 11) is 0. The van der Waals surface area contributed by atoms with Gasteiger partial charge in [0.25, 0.3) is 5.91 Å². The fraction of sp³-hybridized carbons (Fsp3) is 0.387. The molecule has 1 fully saturated rings. The lowest BCUT2D eigenvalue weighted by atomic mass is 10.1. The lowest BCUT2D eigenvalue weighted by Crippen LogP contribution is -2.50. The van der Waals surface area contributed by atoms with Crippen LogP contribution in [0.5, 0.6) is 0 Å². The van der Waals surface area contributed by atoms with Gasteiger partial charge in [0.15, 0.2) is 11.5 Å². The molecule has 246 valence electrons. The molecule has 1 aliphatic heterocycles. The molecule has 0 bridgehead atoms. The van der Waals surface area contributed by atoms with Crippen LogP contribution < -0.4 is 21.7 Å². The summed E-state index contributed by atoms with van der Waals surface area (Å²) in [4.78, 5) is 48.3. The number of ether oxygens (including phenoxy) is 1. The first-order chi connectivity index (χ1) is 21.6. The molecule has 5 N–H and O–H groups in total. The zero-order valence-corrected chi connectivity index (χ0v) is 27.7. The van der Waals surface area contributed by atoms with E-state index in [1.165, 1.54) is 18.3 Å². The van der Waals surface area contributed by atoms with E-state index in [0.717, 1.165) is 6.07 Å². The monoisotopic (exact) mass is 753 g/mol. The largest absolute Gasteiger partial charge is 0.444 e. The van der Waals surface area contributed by atoms with E-state index in [9.17, 15) is 27.6 Å². The van der Waals surface area contributed by atoms with Crippen LogP contribution in [0.1, 0.15) is 60.8 Å². The van der Waals surface area contributed by atoms with Gasteiger partial charge in [-0.15, -0.1) is 0 Å². The Morgan fingerprint density at radius 3 is 2.59 bits per heavy atom. The zero-order valence-electron chi connectivity index (χ0n) is 25.5. The molecule has 1 saturated heterocycles. The van der Waals surface area contributed by atoms with Crippen LogP contribution in [-0.2, 0) is 21.9 Å². The summed E-state index contributed by atoms with van der Waals surface area (Å²) in [6.07, 6.45) is -2.22. The number of carbonyl (C=O) groups is 3. The summed E-state index contributed by atoms with van der Waals surface area (Å²) in [5, 5.41) is 7.97. The number of halogens is 4. The number of nitrogens with zero attached hydrogens (tertiary/aromatic N) is 3. The van der Waals surface area contributed by atoms with Crippen molar-refractivity contribution in [1.29, 1.82) is 0 Å². The fourth-order valence-corrected chi connectivity index (χ4v) is 5.44.